The van der Waals surface area contributed by atoms with Crippen molar-refractivity contribution in [2.75, 3.05) is 17.1 Å². The van der Waals surface area contributed by atoms with Gasteiger partial charge in [0.1, 0.15) is 12.1 Å². The molecule has 0 bridgehead atoms. The molecule has 192 valence electrons. The Kier molecular flexibility index (Phi) is 8.53. The standard InChI is InChI=1S/C24H22N4O8S/c1-15(29)35-20-10-4-17(12-21(20)36-16(2)30)5-11-23(31)27-18-6-8-19(9-7-18)37(32,33)28-22-13-24(34-3)26-14-25-22/h4-14H,1-3H3,(H,27,31)(H,25,26,28)/b11-5+. The maximum absolute atomic E-state index is 12.6. The van der Waals surface area contributed by atoms with Crippen LogP contribution in [0, 0.1) is 0 Å². The second-order valence-electron chi connectivity index (χ2n) is 7.29. The SMILES string of the molecule is COc1cc(NS(=O)(=O)c2ccc(NC(=O)/C=C/c3ccc(OC(C)=O)c(OC(C)=O)c3)cc2)ncn1. The van der Waals surface area contributed by atoms with E-state index in [9.17, 15) is 22.8 Å². The van der Waals surface area contributed by atoms with E-state index in [0.717, 1.165) is 6.33 Å². The van der Waals surface area contributed by atoms with Gasteiger partial charge in [-0.05, 0) is 48.0 Å². The van der Waals surface area contributed by atoms with Crippen molar-refractivity contribution in [3.05, 3.63) is 66.5 Å². The van der Waals surface area contributed by atoms with Crippen LogP contribution in [0.3, 0.4) is 0 Å². The molecule has 37 heavy (non-hydrogen) atoms. The van der Waals surface area contributed by atoms with Gasteiger partial charge in [0.05, 0.1) is 12.0 Å². The van der Waals surface area contributed by atoms with E-state index in [0.29, 0.717) is 11.3 Å². The van der Waals surface area contributed by atoms with Crippen LogP contribution in [0.25, 0.3) is 6.08 Å². The van der Waals surface area contributed by atoms with Gasteiger partial charge in [-0.25, -0.2) is 18.4 Å². The molecule has 0 aliphatic rings. The lowest BCUT2D eigenvalue weighted by Crippen LogP contribution is -2.14. The molecule has 1 amide bonds. The van der Waals surface area contributed by atoms with Crippen LogP contribution in [0.2, 0.25) is 0 Å². The number of carbonyl (C=O) groups is 3. The number of benzene rings is 2. The lowest BCUT2D eigenvalue weighted by atomic mass is 10.2. The normalized spacial score (nSPS) is 11.0. The summed E-state index contributed by atoms with van der Waals surface area (Å²) in [6.45, 7) is 2.41. The van der Waals surface area contributed by atoms with Crippen LogP contribution in [-0.4, -0.2) is 43.3 Å². The lowest BCUT2D eigenvalue weighted by Gasteiger charge is -2.09. The largest absolute Gasteiger partial charge is 0.481 e. The molecule has 0 saturated carbocycles. The predicted octanol–water partition coefficient (Wildman–Crippen LogP) is 2.79. The zero-order chi connectivity index (χ0) is 27.0. The van der Waals surface area contributed by atoms with E-state index >= 15 is 0 Å². The average molecular weight is 527 g/mol. The minimum Gasteiger partial charge on any atom is -0.481 e. The van der Waals surface area contributed by atoms with E-state index in [1.165, 1.54) is 75.6 Å². The number of nitrogens with one attached hydrogen (secondary N) is 2. The summed E-state index contributed by atoms with van der Waals surface area (Å²) >= 11 is 0. The molecule has 13 heteroatoms. The number of esters is 2. The van der Waals surface area contributed by atoms with Crippen LogP contribution in [0.1, 0.15) is 19.4 Å². The Bertz CT molecular complexity index is 1450. The average Bonchev–Trinajstić information content (AvgIpc) is 2.83. The maximum atomic E-state index is 12.6. The van der Waals surface area contributed by atoms with Gasteiger partial charge in [0.2, 0.25) is 11.8 Å². The molecule has 12 nitrogen and oxygen atoms in total. The van der Waals surface area contributed by atoms with Crippen LogP contribution in [0.4, 0.5) is 11.5 Å². The van der Waals surface area contributed by atoms with Crippen LogP contribution in [0.15, 0.2) is 65.8 Å². The molecule has 3 rings (SSSR count). The number of sulfonamides is 1. The minimum atomic E-state index is -3.94. The number of aromatic nitrogens is 2. The molecule has 1 heterocycles. The fourth-order valence-corrected chi connectivity index (χ4v) is 3.88. The van der Waals surface area contributed by atoms with E-state index in [1.807, 2.05) is 0 Å². The first-order valence-electron chi connectivity index (χ1n) is 10.5. The van der Waals surface area contributed by atoms with Crippen molar-refractivity contribution in [3.8, 4) is 17.4 Å². The molecule has 0 aliphatic heterocycles. The third-order valence-corrected chi connectivity index (χ3v) is 5.80. The number of amides is 1. The first kappa shape index (κ1) is 26.8. The quantitative estimate of drug-likeness (QED) is 0.241. The molecule has 0 aliphatic carbocycles. The molecule has 0 unspecified atom stereocenters. The molecular formula is C24H22N4O8S. The zero-order valence-electron chi connectivity index (χ0n) is 19.9. The van der Waals surface area contributed by atoms with Crippen molar-refractivity contribution < 1.29 is 37.0 Å². The van der Waals surface area contributed by atoms with Crippen LogP contribution < -0.4 is 24.2 Å². The van der Waals surface area contributed by atoms with E-state index in [-0.39, 0.29) is 28.1 Å². The molecule has 0 atom stereocenters. The smallest absolute Gasteiger partial charge is 0.308 e. The Morgan fingerprint density at radius 1 is 0.892 bits per heavy atom. The lowest BCUT2D eigenvalue weighted by molar-refractivity contribution is -0.134. The van der Waals surface area contributed by atoms with Crippen molar-refractivity contribution in [1.82, 2.24) is 9.97 Å². The van der Waals surface area contributed by atoms with Crippen LogP contribution in [0.5, 0.6) is 17.4 Å². The van der Waals surface area contributed by atoms with Crippen molar-refractivity contribution in [2.45, 2.75) is 18.7 Å². The van der Waals surface area contributed by atoms with Gasteiger partial charge in [-0.3, -0.25) is 19.1 Å². The van der Waals surface area contributed by atoms with Gasteiger partial charge in [0.15, 0.2) is 11.5 Å². The van der Waals surface area contributed by atoms with E-state index in [2.05, 4.69) is 20.0 Å². The van der Waals surface area contributed by atoms with Gasteiger partial charge >= 0.3 is 11.9 Å². The third kappa shape index (κ3) is 7.86. The fraction of sp³-hybridized carbons (Fsp3) is 0.125. The Morgan fingerprint density at radius 2 is 1.57 bits per heavy atom. The number of hydrogen-bond donors (Lipinski definition) is 2. The molecule has 1 aromatic heterocycles. The molecule has 0 saturated heterocycles. The van der Waals surface area contributed by atoms with Crippen molar-refractivity contribution in [3.63, 3.8) is 0 Å². The Hall–Kier alpha value is -4.78. The third-order valence-electron chi connectivity index (χ3n) is 4.42. The number of anilines is 2. The van der Waals surface area contributed by atoms with Crippen molar-refractivity contribution >= 4 is 45.5 Å². The maximum Gasteiger partial charge on any atom is 0.308 e. The van der Waals surface area contributed by atoms with Crippen LogP contribution >= 0.6 is 0 Å². The Balaban J connectivity index is 1.66. The van der Waals surface area contributed by atoms with Crippen molar-refractivity contribution in [2.24, 2.45) is 0 Å². The molecule has 2 N–H and O–H groups in total. The predicted molar refractivity (Wildman–Crippen MR) is 133 cm³/mol. The Labute approximate surface area is 212 Å². The van der Waals surface area contributed by atoms with Gasteiger partial charge in [0.25, 0.3) is 10.0 Å². The highest BCUT2D eigenvalue weighted by Gasteiger charge is 2.16. The van der Waals surface area contributed by atoms with Gasteiger partial charge in [-0.15, -0.1) is 0 Å². The van der Waals surface area contributed by atoms with Crippen molar-refractivity contribution in [1.29, 1.82) is 0 Å². The molecule has 0 spiro atoms. The summed E-state index contributed by atoms with van der Waals surface area (Å²) in [7, 11) is -2.55. The number of carbonyl (C=O) groups excluding carboxylic acids is 3. The monoisotopic (exact) mass is 526 g/mol. The molecule has 0 radical (unpaired) electrons. The number of hydrogen-bond acceptors (Lipinski definition) is 10. The van der Waals surface area contributed by atoms with E-state index in [4.69, 9.17) is 14.2 Å². The van der Waals surface area contributed by atoms with E-state index in [1.54, 1.807) is 6.07 Å². The zero-order valence-corrected chi connectivity index (χ0v) is 20.7. The minimum absolute atomic E-state index is 0.0241. The summed E-state index contributed by atoms with van der Waals surface area (Å²) in [6.07, 6.45) is 3.85. The summed E-state index contributed by atoms with van der Waals surface area (Å²) in [5.41, 5.74) is 0.847. The summed E-state index contributed by atoms with van der Waals surface area (Å²) in [6, 6.07) is 11.2. The van der Waals surface area contributed by atoms with E-state index < -0.39 is 27.9 Å². The second kappa shape index (κ2) is 11.8. The summed E-state index contributed by atoms with van der Waals surface area (Å²) in [4.78, 5) is 42.5. The highest BCUT2D eigenvalue weighted by molar-refractivity contribution is 7.92. The topological polar surface area (TPSA) is 163 Å². The molecule has 3 aromatic rings. The Morgan fingerprint density at radius 3 is 2.22 bits per heavy atom. The molecule has 2 aromatic carbocycles. The molecular weight excluding hydrogens is 504 g/mol. The summed E-state index contributed by atoms with van der Waals surface area (Å²) in [5, 5.41) is 2.61. The van der Waals surface area contributed by atoms with Crippen LogP contribution in [-0.2, 0) is 24.4 Å². The highest BCUT2D eigenvalue weighted by atomic mass is 32.2. The van der Waals surface area contributed by atoms with Gasteiger partial charge < -0.3 is 19.5 Å². The first-order chi connectivity index (χ1) is 17.6. The number of ether oxygens (including phenoxy) is 3. The molecule has 0 fully saturated rings. The summed E-state index contributed by atoms with van der Waals surface area (Å²) in [5.74, 6) is -1.37. The first-order valence-corrected chi connectivity index (χ1v) is 12.0. The van der Waals surface area contributed by atoms with Gasteiger partial charge in [-0.2, -0.15) is 0 Å². The number of nitrogens with zero attached hydrogens (tertiary/aromatic N) is 2. The van der Waals surface area contributed by atoms with Gasteiger partial charge in [0, 0.05) is 31.7 Å². The summed E-state index contributed by atoms with van der Waals surface area (Å²) < 4.78 is 42.5. The highest BCUT2D eigenvalue weighted by Crippen LogP contribution is 2.29. The number of methoxy groups -OCH3 is 1. The van der Waals surface area contributed by atoms with Gasteiger partial charge in [-0.1, -0.05) is 6.07 Å². The second-order valence-corrected chi connectivity index (χ2v) is 8.97. The number of rotatable bonds is 9. The fourth-order valence-electron chi connectivity index (χ4n) is 2.88.